The van der Waals surface area contributed by atoms with Gasteiger partial charge in [0, 0.05) is 5.02 Å². The van der Waals surface area contributed by atoms with Crippen molar-refractivity contribution < 1.29 is 14.6 Å². The van der Waals surface area contributed by atoms with Crippen molar-refractivity contribution in [3.63, 3.8) is 0 Å². The summed E-state index contributed by atoms with van der Waals surface area (Å²) in [7, 11) is 1.54. The maximum atomic E-state index is 11.0. The summed E-state index contributed by atoms with van der Waals surface area (Å²) >= 11 is 6.01. The number of aliphatic carboxylic acids is 1. The molecule has 0 bridgehead atoms. The second kappa shape index (κ2) is 6.53. The smallest absolute Gasteiger partial charge is 0.305 e. The minimum Gasteiger partial charge on any atom is -0.496 e. The molecule has 1 N–H and O–H groups in total. The van der Waals surface area contributed by atoms with E-state index in [-0.39, 0.29) is 12.5 Å². The van der Waals surface area contributed by atoms with Gasteiger partial charge in [0.15, 0.2) is 5.82 Å². The zero-order valence-corrected chi connectivity index (χ0v) is 12.4. The fraction of sp³-hybridized carbons (Fsp3) is 0.385. The number of methoxy groups -OCH3 is 1. The fourth-order valence-corrected chi connectivity index (χ4v) is 2.25. The SMILES string of the molecule is CCC(CC(=O)O)n1nnnc1-c1cc(Cl)ccc1OC. The molecule has 0 amide bonds. The molecule has 2 rings (SSSR count). The highest BCUT2D eigenvalue weighted by molar-refractivity contribution is 6.30. The summed E-state index contributed by atoms with van der Waals surface area (Å²) in [5.74, 6) is 0.101. The monoisotopic (exact) mass is 310 g/mol. The van der Waals surface area contributed by atoms with Crippen LogP contribution in [0.15, 0.2) is 18.2 Å². The molecule has 0 saturated carbocycles. The summed E-state index contributed by atoms with van der Waals surface area (Å²) in [6, 6.07) is 4.77. The molecule has 0 radical (unpaired) electrons. The Labute approximate surface area is 126 Å². The Kier molecular flexibility index (Phi) is 4.74. The highest BCUT2D eigenvalue weighted by Gasteiger charge is 2.22. The molecule has 8 heteroatoms. The van der Waals surface area contributed by atoms with E-state index in [1.54, 1.807) is 18.2 Å². The van der Waals surface area contributed by atoms with Gasteiger partial charge in [-0.1, -0.05) is 18.5 Å². The Morgan fingerprint density at radius 2 is 2.29 bits per heavy atom. The third kappa shape index (κ3) is 3.30. The van der Waals surface area contributed by atoms with Crippen LogP contribution in [0.25, 0.3) is 11.4 Å². The van der Waals surface area contributed by atoms with Crippen LogP contribution in [0.3, 0.4) is 0 Å². The molecule has 0 aliphatic heterocycles. The lowest BCUT2D eigenvalue weighted by Crippen LogP contribution is -2.15. The molecule has 1 unspecified atom stereocenters. The summed E-state index contributed by atoms with van der Waals surface area (Å²) < 4.78 is 6.79. The third-order valence-electron chi connectivity index (χ3n) is 3.12. The van der Waals surface area contributed by atoms with Gasteiger partial charge in [0.2, 0.25) is 0 Å². The predicted octanol–water partition coefficient (Wildman–Crippen LogP) is 2.43. The van der Waals surface area contributed by atoms with Gasteiger partial charge in [-0.2, -0.15) is 0 Å². The highest BCUT2D eigenvalue weighted by Crippen LogP contribution is 2.32. The number of ether oxygens (including phenoxy) is 1. The van der Waals surface area contributed by atoms with E-state index >= 15 is 0 Å². The minimum absolute atomic E-state index is 0.0581. The lowest BCUT2D eigenvalue weighted by Gasteiger charge is -2.15. The minimum atomic E-state index is -0.902. The van der Waals surface area contributed by atoms with Gasteiger partial charge in [-0.25, -0.2) is 4.68 Å². The van der Waals surface area contributed by atoms with Crippen LogP contribution in [0, 0.1) is 0 Å². The molecule has 112 valence electrons. The molecule has 0 aliphatic carbocycles. The van der Waals surface area contributed by atoms with Crippen molar-refractivity contribution in [2.75, 3.05) is 7.11 Å². The van der Waals surface area contributed by atoms with E-state index in [1.807, 2.05) is 6.92 Å². The first-order valence-corrected chi connectivity index (χ1v) is 6.78. The van der Waals surface area contributed by atoms with Crippen LogP contribution in [0.4, 0.5) is 0 Å². The number of nitrogens with zero attached hydrogens (tertiary/aromatic N) is 4. The van der Waals surface area contributed by atoms with Crippen molar-refractivity contribution in [3.8, 4) is 17.1 Å². The van der Waals surface area contributed by atoms with Gasteiger partial charge >= 0.3 is 5.97 Å². The fourth-order valence-electron chi connectivity index (χ4n) is 2.08. The van der Waals surface area contributed by atoms with E-state index < -0.39 is 5.97 Å². The first-order chi connectivity index (χ1) is 10.1. The van der Waals surface area contributed by atoms with Crippen molar-refractivity contribution in [1.82, 2.24) is 20.2 Å². The molecule has 0 saturated heterocycles. The van der Waals surface area contributed by atoms with Crippen LogP contribution in [0.2, 0.25) is 5.02 Å². The number of carboxylic acids is 1. The van der Waals surface area contributed by atoms with E-state index in [9.17, 15) is 4.79 Å². The summed E-state index contributed by atoms with van der Waals surface area (Å²) in [5.41, 5.74) is 0.624. The molecule has 0 aliphatic rings. The second-order valence-electron chi connectivity index (χ2n) is 4.45. The van der Waals surface area contributed by atoms with Crippen LogP contribution in [-0.2, 0) is 4.79 Å². The van der Waals surface area contributed by atoms with Gasteiger partial charge in [0.1, 0.15) is 5.75 Å². The summed E-state index contributed by atoms with van der Waals surface area (Å²) in [5, 5.41) is 21.1. The van der Waals surface area contributed by atoms with E-state index in [2.05, 4.69) is 15.5 Å². The number of hydrogen-bond acceptors (Lipinski definition) is 5. The Balaban J connectivity index is 2.49. The summed E-state index contributed by atoms with van der Waals surface area (Å²) in [4.78, 5) is 11.0. The molecular weight excluding hydrogens is 296 g/mol. The lowest BCUT2D eigenvalue weighted by molar-refractivity contribution is -0.138. The van der Waals surface area contributed by atoms with Crippen molar-refractivity contribution in [2.45, 2.75) is 25.8 Å². The van der Waals surface area contributed by atoms with Gasteiger partial charge in [-0.3, -0.25) is 4.79 Å². The maximum absolute atomic E-state index is 11.0. The van der Waals surface area contributed by atoms with Crippen LogP contribution >= 0.6 is 11.6 Å². The number of rotatable bonds is 6. The quantitative estimate of drug-likeness (QED) is 0.881. The zero-order valence-electron chi connectivity index (χ0n) is 11.7. The zero-order chi connectivity index (χ0) is 15.4. The molecule has 0 fully saturated rings. The van der Waals surface area contributed by atoms with Crippen LogP contribution in [0.1, 0.15) is 25.8 Å². The van der Waals surface area contributed by atoms with E-state index in [0.29, 0.717) is 28.6 Å². The first kappa shape index (κ1) is 15.2. The normalized spacial score (nSPS) is 12.1. The van der Waals surface area contributed by atoms with Crippen molar-refractivity contribution >= 4 is 17.6 Å². The number of hydrogen-bond donors (Lipinski definition) is 1. The second-order valence-corrected chi connectivity index (χ2v) is 4.89. The van der Waals surface area contributed by atoms with Crippen LogP contribution < -0.4 is 4.74 Å². The number of tetrazole rings is 1. The first-order valence-electron chi connectivity index (χ1n) is 6.40. The van der Waals surface area contributed by atoms with Gasteiger partial charge in [-0.15, -0.1) is 5.10 Å². The Bertz CT molecular complexity index is 644. The molecule has 1 heterocycles. The van der Waals surface area contributed by atoms with Gasteiger partial charge in [0.05, 0.1) is 25.1 Å². The molecule has 0 spiro atoms. The maximum Gasteiger partial charge on any atom is 0.305 e. The molecule has 7 nitrogen and oxygen atoms in total. The number of carbonyl (C=O) groups is 1. The van der Waals surface area contributed by atoms with Crippen molar-refractivity contribution in [3.05, 3.63) is 23.2 Å². The Morgan fingerprint density at radius 3 is 2.90 bits per heavy atom. The summed E-state index contributed by atoms with van der Waals surface area (Å²) in [6.45, 7) is 1.88. The van der Waals surface area contributed by atoms with E-state index in [4.69, 9.17) is 21.4 Å². The topological polar surface area (TPSA) is 90.1 Å². The lowest BCUT2D eigenvalue weighted by atomic mass is 10.1. The van der Waals surface area contributed by atoms with Gasteiger partial charge < -0.3 is 9.84 Å². The highest BCUT2D eigenvalue weighted by atomic mass is 35.5. The van der Waals surface area contributed by atoms with Crippen LogP contribution in [-0.4, -0.2) is 38.4 Å². The van der Waals surface area contributed by atoms with E-state index in [0.717, 1.165) is 0 Å². The Hall–Kier alpha value is -2.15. The number of benzene rings is 1. The Morgan fingerprint density at radius 1 is 1.52 bits per heavy atom. The average molecular weight is 311 g/mol. The average Bonchev–Trinajstić information content (AvgIpc) is 2.93. The molecule has 1 atom stereocenters. The largest absolute Gasteiger partial charge is 0.496 e. The van der Waals surface area contributed by atoms with Crippen LogP contribution in [0.5, 0.6) is 5.75 Å². The molecule has 1 aromatic carbocycles. The number of aromatic nitrogens is 4. The standard InChI is InChI=1S/C13H15ClN4O3/c1-3-9(7-12(19)20)18-13(15-16-17-18)10-6-8(14)4-5-11(10)21-2/h4-6,9H,3,7H2,1-2H3,(H,19,20). The molecular formula is C13H15ClN4O3. The van der Waals surface area contributed by atoms with Gasteiger partial charge in [-0.05, 0) is 35.0 Å². The third-order valence-corrected chi connectivity index (χ3v) is 3.36. The van der Waals surface area contributed by atoms with E-state index in [1.165, 1.54) is 11.8 Å². The van der Waals surface area contributed by atoms with Crippen molar-refractivity contribution in [2.24, 2.45) is 0 Å². The van der Waals surface area contributed by atoms with Crippen molar-refractivity contribution in [1.29, 1.82) is 0 Å². The molecule has 1 aromatic heterocycles. The van der Waals surface area contributed by atoms with Gasteiger partial charge in [0.25, 0.3) is 0 Å². The molecule has 2 aromatic rings. The number of halogens is 1. The summed E-state index contributed by atoms with van der Waals surface area (Å²) in [6.07, 6.45) is 0.532. The molecule has 21 heavy (non-hydrogen) atoms. The predicted molar refractivity (Wildman–Crippen MR) is 76.4 cm³/mol. The number of carboxylic acid groups (broad SMARTS) is 1.